The van der Waals surface area contributed by atoms with Crippen molar-refractivity contribution in [2.75, 3.05) is 4.90 Å². The van der Waals surface area contributed by atoms with E-state index in [1.165, 1.54) is 83.2 Å². The fourth-order valence-corrected chi connectivity index (χ4v) is 9.99. The molecule has 0 atom stereocenters. The van der Waals surface area contributed by atoms with Gasteiger partial charge in [0.05, 0.1) is 11.1 Å². The molecule has 0 amide bonds. The van der Waals surface area contributed by atoms with Crippen molar-refractivity contribution in [3.05, 3.63) is 215 Å². The van der Waals surface area contributed by atoms with Crippen LogP contribution in [0.4, 0.5) is 17.1 Å². The Bertz CT molecular complexity index is 2640. The number of allylic oxidation sites excluding steroid dienone is 5. The maximum atomic E-state index is 4.22. The third kappa shape index (κ3) is 3.88. The average Bonchev–Trinajstić information content (AvgIpc) is 3.73. The van der Waals surface area contributed by atoms with Gasteiger partial charge in [0.2, 0.25) is 0 Å². The molecule has 1 heteroatoms. The van der Waals surface area contributed by atoms with Gasteiger partial charge in [-0.3, -0.25) is 0 Å². The van der Waals surface area contributed by atoms with Crippen LogP contribution in [-0.4, -0.2) is 0 Å². The van der Waals surface area contributed by atoms with E-state index in [2.05, 4.69) is 196 Å². The highest BCUT2D eigenvalue weighted by Gasteiger charge is 2.53. The maximum Gasteiger partial charge on any atom is 0.0725 e. The number of rotatable bonds is 4. The van der Waals surface area contributed by atoms with Crippen LogP contribution in [0.25, 0.3) is 38.6 Å². The minimum absolute atomic E-state index is 0.153. The van der Waals surface area contributed by atoms with Crippen molar-refractivity contribution in [3.63, 3.8) is 0 Å². The lowest BCUT2D eigenvalue weighted by atomic mass is 9.70. The topological polar surface area (TPSA) is 3.24 Å². The molecule has 0 bridgehead atoms. The first-order valence-corrected chi connectivity index (χ1v) is 18.4. The van der Waals surface area contributed by atoms with Crippen molar-refractivity contribution in [1.82, 2.24) is 0 Å². The number of fused-ring (bicyclic) bond motifs is 12. The Kier molecular flexibility index (Phi) is 6.57. The van der Waals surface area contributed by atoms with E-state index >= 15 is 0 Å². The number of para-hydroxylation sites is 1. The molecule has 3 aliphatic carbocycles. The smallest absolute Gasteiger partial charge is 0.0725 e. The van der Waals surface area contributed by atoms with E-state index in [9.17, 15) is 0 Å². The Morgan fingerprint density at radius 1 is 0.538 bits per heavy atom. The molecule has 7 aromatic rings. The van der Waals surface area contributed by atoms with E-state index in [1.807, 2.05) is 6.08 Å². The maximum absolute atomic E-state index is 4.22. The molecule has 0 unspecified atom stereocenters. The molecule has 0 fully saturated rings. The van der Waals surface area contributed by atoms with E-state index in [4.69, 9.17) is 0 Å². The van der Waals surface area contributed by atoms with Crippen molar-refractivity contribution in [1.29, 1.82) is 0 Å². The van der Waals surface area contributed by atoms with E-state index in [0.717, 1.165) is 11.4 Å². The third-order valence-corrected chi connectivity index (χ3v) is 12.0. The van der Waals surface area contributed by atoms with Crippen LogP contribution in [0.2, 0.25) is 0 Å². The van der Waals surface area contributed by atoms with Gasteiger partial charge in [-0.05, 0) is 109 Å². The molecule has 0 saturated heterocycles. The number of hydrogen-bond acceptors (Lipinski definition) is 1. The second kappa shape index (κ2) is 11.2. The quantitative estimate of drug-likeness (QED) is 0.181. The molecule has 0 heterocycles. The first-order valence-electron chi connectivity index (χ1n) is 18.4. The van der Waals surface area contributed by atoms with Gasteiger partial charge in [-0.1, -0.05) is 160 Å². The number of nitrogens with zero attached hydrogens (tertiary/aromatic N) is 1. The molecule has 10 rings (SSSR count). The molecule has 1 spiro atoms. The Labute approximate surface area is 306 Å². The summed E-state index contributed by atoms with van der Waals surface area (Å²) >= 11 is 0. The van der Waals surface area contributed by atoms with Gasteiger partial charge in [-0.2, -0.15) is 0 Å². The Balaban J connectivity index is 1.26. The standard InChI is InChI=1S/C51H39N/c1-5-17-43-36(6-2)41-32-35(29-31-46(41)51(43)44-25-14-11-21-37(44)38-22-12-15-26-45(38)51)52(34-19-8-7-9-20-34)47-27-16-18-33-28-30-40-39-23-10-13-24-42(39)50(3,4)49(40)48(33)47/h5-32H,1H2,2-4H3/b36-6-,43-17?. The van der Waals surface area contributed by atoms with Crippen LogP contribution in [0.3, 0.4) is 0 Å². The molecular weight excluding hydrogens is 627 g/mol. The largest absolute Gasteiger partial charge is 0.310 e. The summed E-state index contributed by atoms with van der Waals surface area (Å²) in [7, 11) is 0. The van der Waals surface area contributed by atoms with Crippen molar-refractivity contribution < 1.29 is 0 Å². The van der Waals surface area contributed by atoms with Crippen LogP contribution in [-0.2, 0) is 10.8 Å². The summed E-state index contributed by atoms with van der Waals surface area (Å²) in [5, 5.41) is 2.56. The van der Waals surface area contributed by atoms with E-state index < -0.39 is 5.41 Å². The molecule has 0 aromatic heterocycles. The van der Waals surface area contributed by atoms with E-state index in [1.54, 1.807) is 0 Å². The first kappa shape index (κ1) is 30.6. The van der Waals surface area contributed by atoms with Gasteiger partial charge in [-0.25, -0.2) is 0 Å². The van der Waals surface area contributed by atoms with Crippen LogP contribution in [0.15, 0.2) is 182 Å². The predicted molar refractivity (Wildman–Crippen MR) is 220 cm³/mol. The van der Waals surface area contributed by atoms with Crippen LogP contribution in [0.5, 0.6) is 0 Å². The zero-order valence-electron chi connectivity index (χ0n) is 29.8. The number of hydrogen-bond donors (Lipinski definition) is 0. The molecular formula is C51H39N. The van der Waals surface area contributed by atoms with E-state index in [0.29, 0.717) is 0 Å². The average molecular weight is 666 g/mol. The summed E-state index contributed by atoms with van der Waals surface area (Å²) < 4.78 is 0. The van der Waals surface area contributed by atoms with Crippen molar-refractivity contribution in [2.24, 2.45) is 0 Å². The summed E-state index contributed by atoms with van der Waals surface area (Å²) in [4.78, 5) is 2.48. The third-order valence-electron chi connectivity index (χ3n) is 12.0. The normalized spacial score (nSPS) is 16.8. The van der Waals surface area contributed by atoms with Gasteiger partial charge in [0.15, 0.2) is 0 Å². The van der Waals surface area contributed by atoms with Crippen LogP contribution < -0.4 is 4.90 Å². The summed E-state index contributed by atoms with van der Waals surface area (Å²) in [6, 6.07) is 56.4. The lowest BCUT2D eigenvalue weighted by Crippen LogP contribution is -2.26. The van der Waals surface area contributed by atoms with E-state index in [-0.39, 0.29) is 5.41 Å². The van der Waals surface area contributed by atoms with Crippen LogP contribution in [0, 0.1) is 0 Å². The SMILES string of the molecule is C=CC=C1/C(=C\C)c2cc(N(c3ccccc3)c3cccc4ccc5c(c34)C(C)(C)c3ccccc3-5)ccc2C12c1ccccc1-c1ccccc12. The minimum atomic E-state index is -0.426. The van der Waals surface area contributed by atoms with Gasteiger partial charge in [0, 0.05) is 22.2 Å². The van der Waals surface area contributed by atoms with Crippen molar-refractivity contribution in [3.8, 4) is 22.3 Å². The molecule has 0 saturated carbocycles. The fraction of sp³-hybridized carbons (Fsp3) is 0.0980. The fourth-order valence-electron chi connectivity index (χ4n) is 9.99. The second-order valence-corrected chi connectivity index (χ2v) is 14.8. The van der Waals surface area contributed by atoms with Gasteiger partial charge < -0.3 is 4.90 Å². The molecule has 1 nitrogen and oxygen atoms in total. The molecule has 0 N–H and O–H groups in total. The van der Waals surface area contributed by atoms with Gasteiger partial charge in [0.25, 0.3) is 0 Å². The summed E-state index contributed by atoms with van der Waals surface area (Å²) in [6.07, 6.45) is 6.51. The van der Waals surface area contributed by atoms with Crippen molar-refractivity contribution >= 4 is 33.4 Å². The molecule has 248 valence electrons. The monoisotopic (exact) mass is 665 g/mol. The highest BCUT2D eigenvalue weighted by atomic mass is 15.1. The number of anilines is 3. The summed E-state index contributed by atoms with van der Waals surface area (Å²) in [5.74, 6) is 0. The zero-order chi connectivity index (χ0) is 35.2. The van der Waals surface area contributed by atoms with Crippen molar-refractivity contribution in [2.45, 2.75) is 31.6 Å². The Hall–Kier alpha value is -6.18. The highest BCUT2D eigenvalue weighted by Crippen LogP contribution is 2.64. The van der Waals surface area contributed by atoms with Gasteiger partial charge >= 0.3 is 0 Å². The van der Waals surface area contributed by atoms with Crippen LogP contribution >= 0.6 is 0 Å². The Morgan fingerprint density at radius 2 is 1.15 bits per heavy atom. The number of benzene rings is 7. The highest BCUT2D eigenvalue weighted by molar-refractivity contribution is 6.07. The lowest BCUT2D eigenvalue weighted by Gasteiger charge is -2.32. The summed E-state index contributed by atoms with van der Waals surface area (Å²) in [5.41, 5.74) is 18.7. The minimum Gasteiger partial charge on any atom is -0.310 e. The molecule has 3 aliphatic rings. The molecule has 7 aromatic carbocycles. The summed E-state index contributed by atoms with van der Waals surface area (Å²) in [6.45, 7) is 11.2. The first-order chi connectivity index (χ1) is 25.5. The van der Waals surface area contributed by atoms with Gasteiger partial charge in [-0.15, -0.1) is 0 Å². The zero-order valence-corrected chi connectivity index (χ0v) is 29.8. The van der Waals surface area contributed by atoms with Gasteiger partial charge in [0.1, 0.15) is 0 Å². The molecule has 0 radical (unpaired) electrons. The molecule has 0 aliphatic heterocycles. The second-order valence-electron chi connectivity index (χ2n) is 14.8. The lowest BCUT2D eigenvalue weighted by molar-refractivity contribution is 0.666. The predicted octanol–water partition coefficient (Wildman–Crippen LogP) is 13.5. The molecule has 52 heavy (non-hydrogen) atoms. The van der Waals surface area contributed by atoms with Crippen LogP contribution in [0.1, 0.15) is 54.2 Å². The Morgan fingerprint density at radius 3 is 1.83 bits per heavy atom.